The van der Waals surface area contributed by atoms with Crippen molar-refractivity contribution in [3.8, 4) is 0 Å². The quantitative estimate of drug-likeness (QED) is 0.266. The van der Waals surface area contributed by atoms with E-state index in [1.807, 2.05) is 91.0 Å². The number of nitrogens with zero attached hydrogens (tertiary/aromatic N) is 1. The van der Waals surface area contributed by atoms with Crippen molar-refractivity contribution in [3.05, 3.63) is 118 Å². The number of hydrogen-bond donors (Lipinski definition) is 2. The molecule has 2 N–H and O–H groups in total. The molecule has 0 spiro atoms. The van der Waals surface area contributed by atoms with Gasteiger partial charge in [-0.3, -0.25) is 10.1 Å². The molecular formula is C28H31NO8. The molecule has 9 heteroatoms. The van der Waals surface area contributed by atoms with Crippen molar-refractivity contribution in [2.45, 2.75) is 56.6 Å². The van der Waals surface area contributed by atoms with E-state index >= 15 is 0 Å². The van der Waals surface area contributed by atoms with Gasteiger partial charge in [0.2, 0.25) is 0 Å². The molecular weight excluding hydrogens is 478 g/mol. The lowest BCUT2D eigenvalue weighted by molar-refractivity contribution is -0.543. The molecule has 0 saturated carbocycles. The first-order valence-corrected chi connectivity index (χ1v) is 12.1. The van der Waals surface area contributed by atoms with Crippen LogP contribution in [0.15, 0.2) is 91.0 Å². The summed E-state index contributed by atoms with van der Waals surface area (Å²) in [5.41, 5.74) is 2.52. The van der Waals surface area contributed by atoms with E-state index in [0.29, 0.717) is 0 Å². The molecule has 196 valence electrons. The molecule has 0 aliphatic carbocycles. The molecule has 1 fully saturated rings. The van der Waals surface area contributed by atoms with E-state index in [1.54, 1.807) is 0 Å². The van der Waals surface area contributed by atoms with E-state index in [9.17, 15) is 20.3 Å². The van der Waals surface area contributed by atoms with Crippen LogP contribution in [0.3, 0.4) is 0 Å². The number of nitro groups is 1. The minimum absolute atomic E-state index is 0.0615. The van der Waals surface area contributed by atoms with Crippen molar-refractivity contribution in [1.29, 1.82) is 0 Å². The molecule has 0 aromatic heterocycles. The zero-order valence-corrected chi connectivity index (χ0v) is 20.2. The van der Waals surface area contributed by atoms with Crippen molar-refractivity contribution in [2.24, 2.45) is 0 Å². The lowest BCUT2D eigenvalue weighted by Gasteiger charge is -2.30. The summed E-state index contributed by atoms with van der Waals surface area (Å²) in [6.07, 6.45) is -6.35. The van der Waals surface area contributed by atoms with Gasteiger partial charge < -0.3 is 29.2 Å². The number of aliphatic hydroxyl groups is 2. The summed E-state index contributed by atoms with van der Waals surface area (Å²) in [5, 5.41) is 33.2. The van der Waals surface area contributed by atoms with E-state index in [-0.39, 0.29) is 26.4 Å². The van der Waals surface area contributed by atoms with E-state index in [1.165, 1.54) is 0 Å². The second-order valence-corrected chi connectivity index (χ2v) is 8.86. The van der Waals surface area contributed by atoms with Crippen molar-refractivity contribution in [1.82, 2.24) is 0 Å². The zero-order valence-electron chi connectivity index (χ0n) is 20.2. The highest BCUT2D eigenvalue weighted by molar-refractivity contribution is 5.15. The van der Waals surface area contributed by atoms with E-state index in [2.05, 4.69) is 0 Å². The molecule has 6 atom stereocenters. The van der Waals surface area contributed by atoms with Gasteiger partial charge in [-0.05, 0) is 16.7 Å². The molecule has 0 radical (unpaired) electrons. The second-order valence-electron chi connectivity index (χ2n) is 8.86. The molecule has 3 aromatic rings. The molecule has 37 heavy (non-hydrogen) atoms. The highest BCUT2D eigenvalue weighted by atomic mass is 16.7. The lowest BCUT2D eigenvalue weighted by Crippen LogP contribution is -2.51. The summed E-state index contributed by atoms with van der Waals surface area (Å²) < 4.78 is 23.3. The molecule has 0 bridgehead atoms. The lowest BCUT2D eigenvalue weighted by atomic mass is 9.99. The molecule has 1 aliphatic heterocycles. The van der Waals surface area contributed by atoms with E-state index < -0.39 is 41.7 Å². The van der Waals surface area contributed by atoms with Gasteiger partial charge in [-0.15, -0.1) is 0 Å². The monoisotopic (exact) mass is 509 g/mol. The van der Waals surface area contributed by atoms with Crippen LogP contribution in [0, 0.1) is 10.1 Å². The summed E-state index contributed by atoms with van der Waals surface area (Å²) >= 11 is 0. The molecule has 3 aromatic carbocycles. The fraction of sp³-hybridized carbons (Fsp3) is 0.357. The number of ether oxygens (including phenoxy) is 4. The van der Waals surface area contributed by atoms with Crippen LogP contribution >= 0.6 is 0 Å². The molecule has 1 aliphatic rings. The van der Waals surface area contributed by atoms with Gasteiger partial charge in [0.15, 0.2) is 12.4 Å². The topological polar surface area (TPSA) is 121 Å². The summed E-state index contributed by atoms with van der Waals surface area (Å²) in [6.45, 7) is 0.0975. The number of hydrogen-bond acceptors (Lipinski definition) is 8. The van der Waals surface area contributed by atoms with Crippen molar-refractivity contribution < 1.29 is 34.1 Å². The Morgan fingerprint density at radius 2 is 1.32 bits per heavy atom. The maximum atomic E-state index is 12.2. The fourth-order valence-electron chi connectivity index (χ4n) is 4.24. The van der Waals surface area contributed by atoms with Crippen LogP contribution in [0.1, 0.15) is 16.7 Å². The van der Waals surface area contributed by atoms with Gasteiger partial charge in [0.05, 0.1) is 19.8 Å². The summed E-state index contributed by atoms with van der Waals surface area (Å²) in [4.78, 5) is 11.7. The Balaban J connectivity index is 1.53. The van der Waals surface area contributed by atoms with Gasteiger partial charge >= 0.3 is 0 Å². The maximum Gasteiger partial charge on any atom is 0.264 e. The van der Waals surface area contributed by atoms with Crippen molar-refractivity contribution in [2.75, 3.05) is 6.61 Å². The van der Waals surface area contributed by atoms with Gasteiger partial charge in [-0.25, -0.2) is 0 Å². The number of benzene rings is 3. The second kappa shape index (κ2) is 13.4. The van der Waals surface area contributed by atoms with E-state index in [4.69, 9.17) is 18.9 Å². The third-order valence-corrected chi connectivity index (χ3v) is 6.19. The van der Waals surface area contributed by atoms with Crippen molar-refractivity contribution >= 4 is 0 Å². The van der Waals surface area contributed by atoms with Crippen LogP contribution in [-0.4, -0.2) is 58.5 Å². The molecule has 9 nitrogen and oxygen atoms in total. The Labute approximate surface area is 215 Å². The minimum atomic E-state index is -1.58. The normalized spacial score (nSPS) is 23.0. The van der Waals surface area contributed by atoms with Gasteiger partial charge in [0, 0.05) is 4.92 Å². The van der Waals surface area contributed by atoms with Gasteiger partial charge in [-0.1, -0.05) is 91.0 Å². The third-order valence-electron chi connectivity index (χ3n) is 6.19. The predicted molar refractivity (Wildman–Crippen MR) is 134 cm³/mol. The fourth-order valence-corrected chi connectivity index (χ4v) is 4.24. The van der Waals surface area contributed by atoms with Crippen molar-refractivity contribution in [3.63, 3.8) is 0 Å². The zero-order chi connectivity index (χ0) is 26.0. The highest BCUT2D eigenvalue weighted by Crippen LogP contribution is 2.30. The number of aliphatic hydroxyl groups excluding tert-OH is 2. The van der Waals surface area contributed by atoms with Gasteiger partial charge in [0.25, 0.3) is 6.04 Å². The van der Waals surface area contributed by atoms with Crippen LogP contribution < -0.4 is 0 Å². The Morgan fingerprint density at radius 3 is 1.86 bits per heavy atom. The number of rotatable bonds is 13. The summed E-state index contributed by atoms with van der Waals surface area (Å²) in [7, 11) is 0. The highest BCUT2D eigenvalue weighted by Gasteiger charge is 2.53. The first-order chi connectivity index (χ1) is 18.0. The SMILES string of the molecule is O=[N+]([O-])[C@H](COCc1ccccc1)[C@@H](OCc1ccccc1)[C@H]1OC(O)[C@H](O)[C@H]1OCc1ccccc1. The van der Waals surface area contributed by atoms with E-state index in [0.717, 1.165) is 16.7 Å². The molecule has 1 heterocycles. The molecule has 4 rings (SSSR count). The Hall–Kier alpha value is -3.18. The summed E-state index contributed by atoms with van der Waals surface area (Å²) in [5.74, 6) is 0. The van der Waals surface area contributed by atoms with Gasteiger partial charge in [0.1, 0.15) is 24.9 Å². The van der Waals surface area contributed by atoms with Crippen LogP contribution in [-0.2, 0) is 38.8 Å². The average molecular weight is 510 g/mol. The minimum Gasteiger partial charge on any atom is -0.385 e. The molecule has 1 saturated heterocycles. The third kappa shape index (κ3) is 7.42. The first-order valence-electron chi connectivity index (χ1n) is 12.1. The Morgan fingerprint density at radius 1 is 0.811 bits per heavy atom. The van der Waals surface area contributed by atoms with Crippen LogP contribution in [0.4, 0.5) is 0 Å². The Bertz CT molecular complexity index is 1090. The van der Waals surface area contributed by atoms with Crippen LogP contribution in [0.25, 0.3) is 0 Å². The predicted octanol–water partition coefficient (Wildman–Crippen LogP) is 3.10. The molecule has 0 amide bonds. The first kappa shape index (κ1) is 26.9. The van der Waals surface area contributed by atoms with Crippen LogP contribution in [0.2, 0.25) is 0 Å². The largest absolute Gasteiger partial charge is 0.385 e. The standard InChI is InChI=1S/C28H31NO8/c30-24-26(36-18-22-14-8-3-9-15-22)27(37-28(24)31)25(35-17-21-12-6-2-7-13-21)23(29(32)33)19-34-16-20-10-4-1-5-11-20/h1-15,23-28,30-31H,16-19H2/t23-,24-,25-,26-,27-,28?/m1/s1. The Kier molecular flexibility index (Phi) is 9.72. The maximum absolute atomic E-state index is 12.2. The van der Waals surface area contributed by atoms with Crippen LogP contribution in [0.5, 0.6) is 0 Å². The smallest absolute Gasteiger partial charge is 0.264 e. The summed E-state index contributed by atoms with van der Waals surface area (Å²) in [6, 6.07) is 26.5. The molecule has 1 unspecified atom stereocenters. The van der Waals surface area contributed by atoms with Gasteiger partial charge in [-0.2, -0.15) is 0 Å². The average Bonchev–Trinajstić information content (AvgIpc) is 3.21.